The molecule has 19 heteroatoms. The van der Waals surface area contributed by atoms with Gasteiger partial charge in [-0.15, -0.1) is 11.3 Å². The third-order valence-electron chi connectivity index (χ3n) is 14.2. The van der Waals surface area contributed by atoms with Crippen molar-refractivity contribution in [3.8, 4) is 27.3 Å². The summed E-state index contributed by atoms with van der Waals surface area (Å²) in [6.45, 7) is 10.1. The van der Waals surface area contributed by atoms with Crippen LogP contribution >= 0.6 is 22.9 Å². The van der Waals surface area contributed by atoms with Gasteiger partial charge in [0, 0.05) is 83.2 Å². The molecule has 0 radical (unpaired) electrons. The smallest absolute Gasteiger partial charge is 0.243 e. The zero-order chi connectivity index (χ0) is 52.2. The maximum atomic E-state index is 17.1. The lowest BCUT2D eigenvalue weighted by Crippen LogP contribution is -2.48. The predicted octanol–water partition coefficient (Wildman–Crippen LogP) is 9.43. The van der Waals surface area contributed by atoms with Crippen LogP contribution in [0.4, 0.5) is 16.2 Å². The fourth-order valence-corrected chi connectivity index (χ4v) is 11.2. The number of hydrogen-bond acceptors (Lipinski definition) is 13. The molecule has 2 saturated heterocycles. The first-order valence-corrected chi connectivity index (χ1v) is 26.4. The van der Waals surface area contributed by atoms with Crippen molar-refractivity contribution in [1.82, 2.24) is 40.1 Å². The van der Waals surface area contributed by atoms with Crippen molar-refractivity contribution < 1.29 is 33.2 Å². The number of rotatable bonds is 17. The molecule has 16 nitrogen and oxygen atoms in total. The Hall–Kier alpha value is -7.18. The number of aromatic hydroxyl groups is 1. The minimum Gasteiger partial charge on any atom is -0.508 e. The number of unbranched alkanes of at least 4 members (excludes halogenated alkanes) is 1. The number of carbonyl (C=O) groups is 4. The number of amides is 4. The number of likely N-dealkylation sites (tertiary alicyclic amines) is 1. The Morgan fingerprint density at radius 1 is 0.973 bits per heavy atom. The second-order valence-corrected chi connectivity index (χ2v) is 20.5. The Kier molecular flexibility index (Phi) is 15.7. The molecule has 386 valence electrons. The fraction of sp³-hybridized carbons (Fsp3) is 0.382. The number of anilines is 2. The molecule has 0 bridgehead atoms. The van der Waals surface area contributed by atoms with Crippen molar-refractivity contribution in [1.29, 1.82) is 0 Å². The molecule has 74 heavy (non-hydrogen) atoms. The Bertz CT molecular complexity index is 3210. The third kappa shape index (κ3) is 11.2. The van der Waals surface area contributed by atoms with E-state index in [0.717, 1.165) is 21.7 Å². The summed E-state index contributed by atoms with van der Waals surface area (Å²) in [6, 6.07) is 21.0. The summed E-state index contributed by atoms with van der Waals surface area (Å²) in [5.41, 5.74) is 5.99. The van der Waals surface area contributed by atoms with Gasteiger partial charge in [-0.05, 0) is 92.1 Å². The van der Waals surface area contributed by atoms with Crippen LogP contribution in [-0.4, -0.2) is 122 Å². The van der Waals surface area contributed by atoms with Crippen molar-refractivity contribution in [2.24, 2.45) is 0 Å². The largest absolute Gasteiger partial charge is 0.508 e. The minimum absolute atomic E-state index is 0.0115. The number of fused-ring (bicyclic) bond motifs is 2. The Balaban J connectivity index is 0.830. The Labute approximate surface area is 437 Å². The van der Waals surface area contributed by atoms with Crippen molar-refractivity contribution in [3.63, 3.8) is 0 Å². The number of carbonyl (C=O) groups excluding carboxylic acids is 4. The van der Waals surface area contributed by atoms with E-state index in [0.29, 0.717) is 110 Å². The maximum absolute atomic E-state index is 17.1. The van der Waals surface area contributed by atoms with Crippen molar-refractivity contribution in [3.05, 3.63) is 112 Å². The van der Waals surface area contributed by atoms with Crippen LogP contribution < -0.4 is 15.5 Å². The SMILES string of the molecule is CC(=O)N1CCN(c2nc(NCCC(=O)N(C)CCCCC(C(=O)N3CCC[C@H]3C(=O)N[C@@H](C)c3ccc(-c4scnc4C)cc3)c3cc(C)no3)nc3c(F)c(-c4cc(O)cc5ccccc45)c(Cl)cc23)CC1. The van der Waals surface area contributed by atoms with Gasteiger partial charge in [0.25, 0.3) is 0 Å². The highest BCUT2D eigenvalue weighted by Gasteiger charge is 2.39. The molecule has 2 fully saturated rings. The zero-order valence-electron chi connectivity index (χ0n) is 42.2. The van der Waals surface area contributed by atoms with Gasteiger partial charge in [-0.3, -0.25) is 19.2 Å². The summed E-state index contributed by atoms with van der Waals surface area (Å²) < 4.78 is 22.7. The molecule has 9 rings (SSSR count). The van der Waals surface area contributed by atoms with Crippen LogP contribution in [0.15, 0.2) is 82.8 Å². The number of phenols is 1. The van der Waals surface area contributed by atoms with Crippen molar-refractivity contribution >= 4 is 80.0 Å². The summed E-state index contributed by atoms with van der Waals surface area (Å²) >= 11 is 8.50. The normalized spacial score (nSPS) is 15.7. The van der Waals surface area contributed by atoms with Crippen LogP contribution in [0.1, 0.15) is 87.0 Å². The molecule has 4 amide bonds. The van der Waals surface area contributed by atoms with Gasteiger partial charge in [0.15, 0.2) is 5.82 Å². The highest BCUT2D eigenvalue weighted by Crippen LogP contribution is 2.42. The topological polar surface area (TPSA) is 190 Å². The van der Waals surface area contributed by atoms with E-state index in [-0.39, 0.29) is 70.4 Å². The zero-order valence-corrected chi connectivity index (χ0v) is 43.7. The van der Waals surface area contributed by atoms with Crippen molar-refractivity contribution in [2.75, 3.05) is 63.1 Å². The first kappa shape index (κ1) is 51.7. The van der Waals surface area contributed by atoms with Gasteiger partial charge >= 0.3 is 0 Å². The Morgan fingerprint density at radius 3 is 2.46 bits per heavy atom. The number of phenolic OH excluding ortho intramolecular Hbond substituents is 1. The molecular weight excluding hydrogens is 983 g/mol. The first-order valence-electron chi connectivity index (χ1n) is 25.1. The van der Waals surface area contributed by atoms with Crippen LogP contribution in [0, 0.1) is 19.7 Å². The summed E-state index contributed by atoms with van der Waals surface area (Å²) in [5.74, 6) is -0.945. The second-order valence-electron chi connectivity index (χ2n) is 19.2. The predicted molar refractivity (Wildman–Crippen MR) is 286 cm³/mol. The van der Waals surface area contributed by atoms with E-state index in [2.05, 4.69) is 25.8 Å². The number of halogens is 2. The fourth-order valence-electron chi connectivity index (χ4n) is 10.1. The van der Waals surface area contributed by atoms with Gasteiger partial charge in [-0.25, -0.2) is 14.4 Å². The van der Waals surface area contributed by atoms with E-state index in [1.165, 1.54) is 13.0 Å². The highest BCUT2D eigenvalue weighted by molar-refractivity contribution is 7.13. The minimum atomic E-state index is -0.688. The molecule has 4 aromatic carbocycles. The monoisotopic (exact) mass is 1040 g/mol. The number of aromatic nitrogens is 4. The molecule has 7 aromatic rings. The number of hydrogen-bond donors (Lipinski definition) is 3. The number of aryl methyl sites for hydroxylation is 2. The standard InChI is InChI=1S/C55H60ClFN10O6S/c1-32-27-46(73-63-32)41(54(72)67-22-10-14-45(67)53(71)60-33(2)36-15-17-37(18-16-36)51-34(3)59-31-74-51)13-8-9-21-64(5)47(70)19-20-58-55-61-50-43(52(62-55)66-25-23-65(24-26-66)35(4)68)30-44(56)48(49(50)57)42-29-39(69)28-38-11-6-7-12-40(38)42/h6-7,11-12,15-18,27-31,33,41,45,69H,8-10,13-14,19-26H2,1-5H3,(H,60,71)(H,58,61,62)/t33-,41?,45-/m0/s1. The van der Waals surface area contributed by atoms with Crippen LogP contribution in [0.5, 0.6) is 5.75 Å². The molecular formula is C55H60ClFN10O6S. The summed E-state index contributed by atoms with van der Waals surface area (Å²) in [7, 11) is 1.73. The van der Waals surface area contributed by atoms with Gasteiger partial charge in [0.2, 0.25) is 29.6 Å². The first-order chi connectivity index (χ1) is 35.6. The van der Waals surface area contributed by atoms with Gasteiger partial charge < -0.3 is 39.9 Å². The van der Waals surface area contributed by atoms with Crippen LogP contribution in [-0.2, 0) is 19.2 Å². The maximum Gasteiger partial charge on any atom is 0.243 e. The van der Waals surface area contributed by atoms with E-state index < -0.39 is 17.8 Å². The molecule has 0 saturated carbocycles. The number of thiazole rings is 1. The third-order valence-corrected chi connectivity index (χ3v) is 15.5. The number of benzene rings is 4. The molecule has 2 aliphatic heterocycles. The second kappa shape index (κ2) is 22.5. The highest BCUT2D eigenvalue weighted by atomic mass is 35.5. The Morgan fingerprint density at radius 2 is 1.74 bits per heavy atom. The molecule has 3 atom stereocenters. The summed E-state index contributed by atoms with van der Waals surface area (Å²) in [4.78, 5) is 75.9. The van der Waals surface area contributed by atoms with E-state index in [9.17, 15) is 24.3 Å². The summed E-state index contributed by atoms with van der Waals surface area (Å²) in [6.07, 6.45) is 2.96. The number of nitrogens with zero attached hydrogens (tertiary/aromatic N) is 8. The van der Waals surface area contributed by atoms with Gasteiger partial charge in [0.1, 0.15) is 28.9 Å². The average molecular weight is 1040 g/mol. The van der Waals surface area contributed by atoms with Crippen LogP contribution in [0.25, 0.3) is 43.2 Å². The number of nitrogens with one attached hydrogen (secondary N) is 2. The van der Waals surface area contributed by atoms with Gasteiger partial charge in [-0.2, -0.15) is 4.98 Å². The molecule has 1 unspecified atom stereocenters. The van der Waals surface area contributed by atoms with E-state index in [4.69, 9.17) is 21.1 Å². The number of piperazine rings is 1. The molecule has 5 heterocycles. The molecule has 2 aliphatic rings. The van der Waals surface area contributed by atoms with Crippen LogP contribution in [0.2, 0.25) is 5.02 Å². The molecule has 3 aromatic heterocycles. The van der Waals surface area contributed by atoms with E-state index in [1.54, 1.807) is 58.2 Å². The lowest BCUT2D eigenvalue weighted by atomic mass is 9.96. The van der Waals surface area contributed by atoms with E-state index >= 15 is 4.39 Å². The van der Waals surface area contributed by atoms with Crippen LogP contribution in [0.3, 0.4) is 0 Å². The summed E-state index contributed by atoms with van der Waals surface area (Å²) in [5, 5.41) is 22.9. The quantitative estimate of drug-likeness (QED) is 0.0734. The lowest BCUT2D eigenvalue weighted by Gasteiger charge is -2.35. The van der Waals surface area contributed by atoms with Gasteiger partial charge in [0.05, 0.1) is 38.8 Å². The lowest BCUT2D eigenvalue weighted by molar-refractivity contribution is -0.140. The molecule has 3 N–H and O–H groups in total. The van der Waals surface area contributed by atoms with Crippen molar-refractivity contribution in [2.45, 2.75) is 84.2 Å². The van der Waals surface area contributed by atoms with Gasteiger partial charge in [-0.1, -0.05) is 71.7 Å². The molecule has 0 spiro atoms. The molecule has 0 aliphatic carbocycles. The van der Waals surface area contributed by atoms with E-state index in [1.807, 2.05) is 72.8 Å². The average Bonchev–Trinajstić information content (AvgIpc) is 4.18.